The molecule has 29 heavy (non-hydrogen) atoms. The van der Waals surface area contributed by atoms with E-state index < -0.39 is 6.10 Å². The van der Waals surface area contributed by atoms with E-state index in [2.05, 4.69) is 49.6 Å². The lowest BCUT2D eigenvalue weighted by molar-refractivity contribution is -0.113. The second kappa shape index (κ2) is 8.03. The molecule has 4 rings (SSSR count). The van der Waals surface area contributed by atoms with Gasteiger partial charge in [0, 0.05) is 43.4 Å². The van der Waals surface area contributed by atoms with Crippen molar-refractivity contribution in [2.75, 3.05) is 44.2 Å². The van der Waals surface area contributed by atoms with Crippen LogP contribution in [0.4, 0.5) is 5.69 Å². The van der Waals surface area contributed by atoms with E-state index in [9.17, 15) is 5.11 Å². The van der Waals surface area contributed by atoms with Gasteiger partial charge in [0.25, 0.3) is 0 Å². The minimum absolute atomic E-state index is 0.229. The maximum atomic E-state index is 10.7. The number of ether oxygens (including phenoxy) is 1. The van der Waals surface area contributed by atoms with E-state index in [4.69, 9.17) is 16.3 Å². The summed E-state index contributed by atoms with van der Waals surface area (Å²) in [5.74, 6) is 0.776. The molecule has 0 unspecified atom stereocenters. The molecule has 0 amide bonds. The highest BCUT2D eigenvalue weighted by Gasteiger charge is 2.60. The predicted octanol–water partition coefficient (Wildman–Crippen LogP) is 4.36. The summed E-state index contributed by atoms with van der Waals surface area (Å²) < 4.78 is 6.38. The smallest absolute Gasteiger partial charge is 0.0900 e. The highest BCUT2D eigenvalue weighted by molar-refractivity contribution is 6.30. The van der Waals surface area contributed by atoms with Crippen molar-refractivity contribution in [2.45, 2.75) is 59.2 Å². The molecular weight excluding hydrogens is 384 g/mol. The molecule has 1 N–H and O–H groups in total. The minimum Gasteiger partial charge on any atom is -0.389 e. The second-order valence-corrected chi connectivity index (χ2v) is 10.9. The van der Waals surface area contributed by atoms with Crippen LogP contribution in [0.15, 0.2) is 18.2 Å². The fraction of sp³-hybridized carbons (Fsp3) is 0.750. The normalized spacial score (nSPS) is 32.7. The lowest BCUT2D eigenvalue weighted by atomic mass is 9.70. The minimum atomic E-state index is -0.423. The average molecular weight is 421 g/mol. The van der Waals surface area contributed by atoms with Gasteiger partial charge in [0.1, 0.15) is 0 Å². The molecule has 4 atom stereocenters. The average Bonchev–Trinajstić information content (AvgIpc) is 3.15. The third-order valence-electron chi connectivity index (χ3n) is 7.95. The largest absolute Gasteiger partial charge is 0.389 e. The van der Waals surface area contributed by atoms with Gasteiger partial charge in [0.05, 0.1) is 18.8 Å². The maximum Gasteiger partial charge on any atom is 0.0900 e. The molecular formula is C24H37ClN2O2. The van der Waals surface area contributed by atoms with Crippen molar-refractivity contribution in [3.8, 4) is 0 Å². The Balaban J connectivity index is 1.25. The number of rotatable bonds is 6. The quantitative estimate of drug-likeness (QED) is 0.741. The zero-order valence-electron chi connectivity index (χ0n) is 18.5. The van der Waals surface area contributed by atoms with E-state index in [1.54, 1.807) is 0 Å². The summed E-state index contributed by atoms with van der Waals surface area (Å²) in [6.45, 7) is 14.2. The molecule has 2 bridgehead atoms. The molecule has 0 spiro atoms. The molecule has 1 aromatic rings. The SMILES string of the molecule is Cc1ccc(Cl)cc1N1CCN(C[C@H](O)CO[C@H]2C(C)(C)[C@@H]3CC[C@]2(C)C3)CC1. The lowest BCUT2D eigenvalue weighted by Gasteiger charge is -2.43. The molecule has 3 fully saturated rings. The van der Waals surface area contributed by atoms with Crippen molar-refractivity contribution in [3.63, 3.8) is 0 Å². The molecule has 5 heteroatoms. The van der Waals surface area contributed by atoms with E-state index in [1.165, 1.54) is 30.5 Å². The van der Waals surface area contributed by atoms with Crippen molar-refractivity contribution in [3.05, 3.63) is 28.8 Å². The number of anilines is 1. The van der Waals surface area contributed by atoms with Crippen LogP contribution in [0.1, 0.15) is 45.6 Å². The van der Waals surface area contributed by atoms with E-state index >= 15 is 0 Å². The Morgan fingerprint density at radius 1 is 1.21 bits per heavy atom. The van der Waals surface area contributed by atoms with E-state index in [-0.39, 0.29) is 11.5 Å². The fourth-order valence-electron chi connectivity index (χ4n) is 6.32. The number of aliphatic hydroxyl groups excluding tert-OH is 1. The lowest BCUT2D eigenvalue weighted by Crippen LogP contribution is -2.50. The van der Waals surface area contributed by atoms with Gasteiger partial charge in [-0.05, 0) is 60.6 Å². The van der Waals surface area contributed by atoms with E-state index in [0.29, 0.717) is 18.6 Å². The molecule has 0 aromatic heterocycles. The molecule has 1 heterocycles. The van der Waals surface area contributed by atoms with Gasteiger partial charge in [-0.15, -0.1) is 0 Å². The molecule has 1 aliphatic heterocycles. The fourth-order valence-corrected chi connectivity index (χ4v) is 6.49. The van der Waals surface area contributed by atoms with Crippen LogP contribution in [-0.2, 0) is 4.74 Å². The second-order valence-electron chi connectivity index (χ2n) is 10.5. The molecule has 162 valence electrons. The van der Waals surface area contributed by atoms with Crippen molar-refractivity contribution in [2.24, 2.45) is 16.7 Å². The number of β-amino-alcohol motifs (C(OH)–C–C–N with tert-alkyl or cyclic N) is 1. The van der Waals surface area contributed by atoms with Crippen LogP contribution in [0.3, 0.4) is 0 Å². The number of piperazine rings is 1. The van der Waals surface area contributed by atoms with Crippen molar-refractivity contribution in [1.82, 2.24) is 4.90 Å². The summed E-state index contributed by atoms with van der Waals surface area (Å²) in [5, 5.41) is 11.4. The van der Waals surface area contributed by atoms with Crippen LogP contribution >= 0.6 is 11.6 Å². The van der Waals surface area contributed by atoms with Gasteiger partial charge in [0.2, 0.25) is 0 Å². The number of nitrogens with zero attached hydrogens (tertiary/aromatic N) is 2. The number of hydrogen-bond donors (Lipinski definition) is 1. The Morgan fingerprint density at radius 2 is 1.93 bits per heavy atom. The molecule has 4 nitrogen and oxygen atoms in total. The Hall–Kier alpha value is -0.810. The van der Waals surface area contributed by atoms with Crippen molar-refractivity contribution >= 4 is 17.3 Å². The Kier molecular flexibility index (Phi) is 5.93. The molecule has 1 aromatic carbocycles. The third-order valence-corrected chi connectivity index (χ3v) is 8.18. The number of benzene rings is 1. The highest BCUT2D eigenvalue weighted by atomic mass is 35.5. The first kappa shape index (κ1) is 21.4. The first-order chi connectivity index (χ1) is 13.7. The number of hydrogen-bond acceptors (Lipinski definition) is 4. The standard InChI is InChI=1S/C24H37ClN2O2/c1-17-5-6-19(25)13-21(17)27-11-9-26(10-12-27)15-20(28)16-29-22-23(2,3)18-7-8-24(22,4)14-18/h5-6,13,18,20,22,28H,7-12,14-16H2,1-4H3/t18-,20+,22+,24-/m1/s1. The van der Waals surface area contributed by atoms with Gasteiger partial charge >= 0.3 is 0 Å². The Bertz CT molecular complexity index is 727. The molecule has 2 saturated carbocycles. The summed E-state index contributed by atoms with van der Waals surface area (Å²) >= 11 is 6.19. The maximum absolute atomic E-state index is 10.7. The zero-order chi connectivity index (χ0) is 20.8. The van der Waals surface area contributed by atoms with Crippen molar-refractivity contribution in [1.29, 1.82) is 0 Å². The van der Waals surface area contributed by atoms with Gasteiger partial charge in [0.15, 0.2) is 0 Å². The third kappa shape index (κ3) is 4.19. The topological polar surface area (TPSA) is 35.9 Å². The van der Waals surface area contributed by atoms with Gasteiger partial charge in [-0.2, -0.15) is 0 Å². The number of aryl methyl sites for hydroxylation is 1. The molecule has 3 aliphatic rings. The van der Waals surface area contributed by atoms with Gasteiger partial charge < -0.3 is 14.7 Å². The van der Waals surface area contributed by atoms with Crippen LogP contribution in [0.2, 0.25) is 5.02 Å². The first-order valence-corrected chi connectivity index (χ1v) is 11.6. The molecule has 0 radical (unpaired) electrons. The number of halogens is 1. The summed E-state index contributed by atoms with van der Waals surface area (Å²) in [7, 11) is 0. The monoisotopic (exact) mass is 420 g/mol. The summed E-state index contributed by atoms with van der Waals surface area (Å²) in [5.41, 5.74) is 3.02. The predicted molar refractivity (Wildman–Crippen MR) is 120 cm³/mol. The van der Waals surface area contributed by atoms with Crippen LogP contribution in [0.25, 0.3) is 0 Å². The summed E-state index contributed by atoms with van der Waals surface area (Å²) in [6.07, 6.45) is 3.74. The van der Waals surface area contributed by atoms with Gasteiger partial charge in [-0.1, -0.05) is 38.4 Å². The summed E-state index contributed by atoms with van der Waals surface area (Å²) in [4.78, 5) is 4.76. The molecule has 2 aliphatic carbocycles. The van der Waals surface area contributed by atoms with Crippen molar-refractivity contribution < 1.29 is 9.84 Å². The number of aliphatic hydroxyl groups is 1. The Labute approximate surface area is 181 Å². The van der Waals surface area contributed by atoms with Crippen LogP contribution in [0.5, 0.6) is 0 Å². The van der Waals surface area contributed by atoms with Gasteiger partial charge in [-0.25, -0.2) is 0 Å². The Morgan fingerprint density at radius 3 is 2.59 bits per heavy atom. The number of fused-ring (bicyclic) bond motifs is 2. The van der Waals surface area contributed by atoms with Crippen LogP contribution < -0.4 is 4.90 Å². The zero-order valence-corrected chi connectivity index (χ0v) is 19.2. The van der Waals surface area contributed by atoms with Crippen LogP contribution in [-0.4, -0.2) is 61.5 Å². The molecule has 1 saturated heterocycles. The first-order valence-electron chi connectivity index (χ1n) is 11.2. The van der Waals surface area contributed by atoms with E-state index in [1.807, 2.05) is 6.07 Å². The summed E-state index contributed by atoms with van der Waals surface area (Å²) in [6, 6.07) is 6.10. The highest BCUT2D eigenvalue weighted by Crippen LogP contribution is 2.63. The van der Waals surface area contributed by atoms with Crippen LogP contribution in [0, 0.1) is 23.7 Å². The van der Waals surface area contributed by atoms with Gasteiger partial charge in [-0.3, -0.25) is 4.90 Å². The van der Waals surface area contributed by atoms with E-state index in [0.717, 1.165) is 37.1 Å².